The summed E-state index contributed by atoms with van der Waals surface area (Å²) in [6.07, 6.45) is 1.58. The zero-order chi connectivity index (χ0) is 17.3. The Labute approximate surface area is 145 Å². The Balaban J connectivity index is 1.95. The Hall–Kier alpha value is -2.55. The Morgan fingerprint density at radius 2 is 2.25 bits per heavy atom. The van der Waals surface area contributed by atoms with Crippen LogP contribution in [0.4, 0.5) is 10.1 Å². The zero-order valence-corrected chi connectivity index (χ0v) is 14.5. The molecule has 0 atom stereocenters. The van der Waals surface area contributed by atoms with E-state index >= 15 is 0 Å². The number of nitrogens with zero attached hydrogens (tertiary/aromatic N) is 4. The summed E-state index contributed by atoms with van der Waals surface area (Å²) in [5.74, 6) is -0.519. The van der Waals surface area contributed by atoms with Gasteiger partial charge in [0, 0.05) is 18.0 Å². The van der Waals surface area contributed by atoms with Crippen molar-refractivity contribution in [3.63, 3.8) is 0 Å². The SMILES string of the molecule is CCOc1c(Br)cc(F)cc1NC(=O)c1nc2nccc(C)n2n1. The van der Waals surface area contributed by atoms with E-state index < -0.39 is 11.7 Å². The smallest absolute Gasteiger partial charge is 0.295 e. The first-order valence-electron chi connectivity index (χ1n) is 7.11. The summed E-state index contributed by atoms with van der Waals surface area (Å²) in [5.41, 5.74) is 0.979. The molecule has 0 aliphatic carbocycles. The second-order valence-electron chi connectivity index (χ2n) is 4.88. The van der Waals surface area contributed by atoms with Gasteiger partial charge < -0.3 is 10.1 Å². The number of nitrogens with one attached hydrogen (secondary N) is 1. The van der Waals surface area contributed by atoms with E-state index in [1.807, 2.05) is 6.92 Å². The number of carbonyl (C=O) groups excluding carboxylic acids is 1. The Morgan fingerprint density at radius 3 is 2.96 bits per heavy atom. The van der Waals surface area contributed by atoms with Gasteiger partial charge in [0.15, 0.2) is 5.75 Å². The molecule has 0 spiro atoms. The highest BCUT2D eigenvalue weighted by Crippen LogP contribution is 2.34. The third kappa shape index (κ3) is 3.07. The van der Waals surface area contributed by atoms with Crippen molar-refractivity contribution >= 4 is 33.3 Å². The minimum atomic E-state index is -0.585. The predicted octanol–water partition coefficient (Wildman–Crippen LogP) is 2.99. The maximum atomic E-state index is 13.6. The molecule has 0 fully saturated rings. The Kier molecular flexibility index (Phi) is 4.43. The van der Waals surface area contributed by atoms with Crippen molar-refractivity contribution in [3.8, 4) is 5.75 Å². The minimum absolute atomic E-state index is 0.0698. The number of fused-ring (bicyclic) bond motifs is 1. The van der Waals surface area contributed by atoms with Gasteiger partial charge in [0.25, 0.3) is 11.7 Å². The van der Waals surface area contributed by atoms with Crippen LogP contribution in [0.5, 0.6) is 5.75 Å². The topological polar surface area (TPSA) is 81.4 Å². The lowest BCUT2D eigenvalue weighted by atomic mass is 10.2. The highest BCUT2D eigenvalue weighted by molar-refractivity contribution is 9.10. The summed E-state index contributed by atoms with van der Waals surface area (Å²) < 4.78 is 21.0. The summed E-state index contributed by atoms with van der Waals surface area (Å²) in [4.78, 5) is 20.5. The molecule has 0 saturated carbocycles. The molecule has 0 aliphatic rings. The fourth-order valence-corrected chi connectivity index (χ4v) is 2.67. The third-order valence-corrected chi connectivity index (χ3v) is 3.77. The lowest BCUT2D eigenvalue weighted by molar-refractivity contribution is 0.101. The molecule has 0 bridgehead atoms. The normalized spacial score (nSPS) is 10.8. The van der Waals surface area contributed by atoms with E-state index in [2.05, 4.69) is 36.3 Å². The summed E-state index contributed by atoms with van der Waals surface area (Å²) in [6.45, 7) is 3.98. The number of ether oxygens (including phenoxy) is 1. The molecule has 2 aromatic heterocycles. The molecule has 0 unspecified atom stereocenters. The molecule has 124 valence electrons. The van der Waals surface area contributed by atoms with E-state index in [0.717, 1.165) is 5.69 Å². The lowest BCUT2D eigenvalue weighted by Gasteiger charge is -2.12. The molecule has 24 heavy (non-hydrogen) atoms. The second kappa shape index (κ2) is 6.52. The fraction of sp³-hybridized carbons (Fsp3) is 0.200. The minimum Gasteiger partial charge on any atom is -0.491 e. The van der Waals surface area contributed by atoms with E-state index in [9.17, 15) is 9.18 Å². The summed E-state index contributed by atoms with van der Waals surface area (Å²) in [7, 11) is 0. The molecule has 2 heterocycles. The van der Waals surface area contributed by atoms with Gasteiger partial charge in [0.1, 0.15) is 5.82 Å². The maximum absolute atomic E-state index is 13.6. The molecule has 3 rings (SSSR count). The molecule has 1 N–H and O–H groups in total. The summed E-state index contributed by atoms with van der Waals surface area (Å²) in [5, 5.41) is 6.69. The largest absolute Gasteiger partial charge is 0.491 e. The van der Waals surface area contributed by atoms with Gasteiger partial charge in [-0.2, -0.15) is 4.98 Å². The molecular weight excluding hydrogens is 381 g/mol. The van der Waals surface area contributed by atoms with Crippen molar-refractivity contribution in [1.29, 1.82) is 0 Å². The molecule has 7 nitrogen and oxygen atoms in total. The average molecular weight is 394 g/mol. The number of halogens is 2. The first-order chi connectivity index (χ1) is 11.5. The van der Waals surface area contributed by atoms with Gasteiger partial charge in [0.05, 0.1) is 16.8 Å². The number of amides is 1. The number of benzene rings is 1. The van der Waals surface area contributed by atoms with E-state index in [0.29, 0.717) is 22.6 Å². The van der Waals surface area contributed by atoms with Crippen molar-refractivity contribution in [2.24, 2.45) is 0 Å². The first kappa shape index (κ1) is 16.3. The van der Waals surface area contributed by atoms with Gasteiger partial charge in [-0.3, -0.25) is 4.79 Å². The van der Waals surface area contributed by atoms with Crippen molar-refractivity contribution in [2.45, 2.75) is 13.8 Å². The van der Waals surface area contributed by atoms with Crippen molar-refractivity contribution in [3.05, 3.63) is 46.2 Å². The molecule has 0 aliphatic heterocycles. The number of aromatic nitrogens is 4. The van der Waals surface area contributed by atoms with Gasteiger partial charge in [-0.25, -0.2) is 13.9 Å². The molecular formula is C15H13BrFN5O2. The van der Waals surface area contributed by atoms with Gasteiger partial charge in [-0.1, -0.05) is 0 Å². The highest BCUT2D eigenvalue weighted by atomic mass is 79.9. The van der Waals surface area contributed by atoms with E-state index in [1.54, 1.807) is 19.2 Å². The first-order valence-corrected chi connectivity index (χ1v) is 7.90. The number of aryl methyl sites for hydroxylation is 1. The van der Waals surface area contributed by atoms with E-state index in [1.165, 1.54) is 16.6 Å². The van der Waals surface area contributed by atoms with Crippen LogP contribution in [0, 0.1) is 12.7 Å². The molecule has 1 aromatic carbocycles. The molecule has 0 radical (unpaired) electrons. The predicted molar refractivity (Wildman–Crippen MR) is 88.7 cm³/mol. The standard InChI is InChI=1S/C15H13BrFN5O2/c1-3-24-12-10(16)6-9(17)7-11(12)19-14(23)13-20-15-18-5-4-8(2)22(15)21-13/h4-7H,3H2,1-2H3,(H,19,23). The van der Waals surface area contributed by atoms with Crippen molar-refractivity contribution < 1.29 is 13.9 Å². The van der Waals surface area contributed by atoms with Crippen LogP contribution in [0.1, 0.15) is 23.2 Å². The molecule has 3 aromatic rings. The monoisotopic (exact) mass is 393 g/mol. The average Bonchev–Trinajstić information content (AvgIpc) is 2.96. The van der Waals surface area contributed by atoms with Crippen LogP contribution in [-0.4, -0.2) is 32.1 Å². The lowest BCUT2D eigenvalue weighted by Crippen LogP contribution is -2.15. The zero-order valence-electron chi connectivity index (χ0n) is 12.9. The summed E-state index contributed by atoms with van der Waals surface area (Å²) in [6, 6.07) is 4.18. The fourth-order valence-electron chi connectivity index (χ4n) is 2.13. The van der Waals surface area contributed by atoms with Crippen LogP contribution in [-0.2, 0) is 0 Å². The van der Waals surface area contributed by atoms with E-state index in [4.69, 9.17) is 4.74 Å². The molecule has 0 saturated heterocycles. The van der Waals surface area contributed by atoms with E-state index in [-0.39, 0.29) is 11.5 Å². The van der Waals surface area contributed by atoms with Gasteiger partial charge >= 0.3 is 0 Å². The van der Waals surface area contributed by atoms with Crippen LogP contribution in [0.3, 0.4) is 0 Å². The van der Waals surface area contributed by atoms with Gasteiger partial charge in [0.2, 0.25) is 5.82 Å². The number of carbonyl (C=O) groups is 1. The Bertz CT molecular complexity index is 928. The highest BCUT2D eigenvalue weighted by Gasteiger charge is 2.18. The number of anilines is 1. The maximum Gasteiger partial charge on any atom is 0.295 e. The Morgan fingerprint density at radius 1 is 1.46 bits per heavy atom. The number of rotatable bonds is 4. The van der Waals surface area contributed by atoms with Crippen LogP contribution < -0.4 is 10.1 Å². The van der Waals surface area contributed by atoms with Crippen LogP contribution >= 0.6 is 15.9 Å². The number of hydrogen-bond donors (Lipinski definition) is 1. The second-order valence-corrected chi connectivity index (χ2v) is 5.74. The molecule has 9 heteroatoms. The summed E-state index contributed by atoms with van der Waals surface area (Å²) >= 11 is 3.22. The van der Waals surface area contributed by atoms with Crippen molar-refractivity contribution in [2.75, 3.05) is 11.9 Å². The van der Waals surface area contributed by atoms with Crippen LogP contribution in [0.15, 0.2) is 28.9 Å². The van der Waals surface area contributed by atoms with Crippen LogP contribution in [0.2, 0.25) is 0 Å². The van der Waals surface area contributed by atoms with Crippen LogP contribution in [0.25, 0.3) is 5.78 Å². The van der Waals surface area contributed by atoms with Gasteiger partial charge in [-0.05, 0) is 41.9 Å². The van der Waals surface area contributed by atoms with Gasteiger partial charge in [-0.15, -0.1) is 5.10 Å². The van der Waals surface area contributed by atoms with Crippen molar-refractivity contribution in [1.82, 2.24) is 19.6 Å². The molecule has 1 amide bonds. The quantitative estimate of drug-likeness (QED) is 0.736. The third-order valence-electron chi connectivity index (χ3n) is 3.18. The number of hydrogen-bond acceptors (Lipinski definition) is 5.